The lowest BCUT2D eigenvalue weighted by Gasteiger charge is -2.11. The van der Waals surface area contributed by atoms with E-state index in [1.165, 1.54) is 0 Å². The van der Waals surface area contributed by atoms with E-state index in [0.717, 1.165) is 45.3 Å². The number of nitrogens with zero attached hydrogens (tertiary/aromatic N) is 1. The lowest BCUT2D eigenvalue weighted by molar-refractivity contribution is 0.395. The quantitative estimate of drug-likeness (QED) is 0.433. The average Bonchev–Trinajstić information content (AvgIpc) is 2.80. The largest absolute Gasteiger partial charge is 0.497 e. The van der Waals surface area contributed by atoms with Gasteiger partial charge in [-0.15, -0.1) is 0 Å². The van der Waals surface area contributed by atoms with Crippen LogP contribution in [0, 0.1) is 0 Å². The maximum Gasteiger partial charge on any atom is 0.131 e. The number of pyridine rings is 1. The summed E-state index contributed by atoms with van der Waals surface area (Å²) in [5, 5.41) is 3.40. The van der Waals surface area contributed by atoms with E-state index in [-0.39, 0.29) is 0 Å². The van der Waals surface area contributed by atoms with Crippen LogP contribution in [0.25, 0.3) is 22.4 Å². The number of aromatic nitrogens is 1. The van der Waals surface area contributed by atoms with E-state index in [9.17, 15) is 0 Å². The molecule has 0 radical (unpaired) electrons. The second kappa shape index (κ2) is 8.48. The van der Waals surface area contributed by atoms with Gasteiger partial charge in [0.05, 0.1) is 19.9 Å². The van der Waals surface area contributed by atoms with Gasteiger partial charge in [0.1, 0.15) is 11.5 Å². The van der Waals surface area contributed by atoms with Gasteiger partial charge in [-0.05, 0) is 59.7 Å². The van der Waals surface area contributed by atoms with E-state index < -0.39 is 0 Å². The Kier molecular flexibility index (Phi) is 5.43. The number of ether oxygens (including phenoxy) is 2. The molecule has 0 amide bonds. The molecule has 4 rings (SSSR count). The molecule has 0 unspecified atom stereocenters. The number of methoxy groups -OCH3 is 2. The first-order chi connectivity index (χ1) is 14.3. The van der Waals surface area contributed by atoms with E-state index in [1.807, 2.05) is 60.8 Å². The van der Waals surface area contributed by atoms with Gasteiger partial charge in [0, 0.05) is 29.2 Å². The summed E-state index contributed by atoms with van der Waals surface area (Å²) >= 11 is 0. The molecule has 0 fully saturated rings. The molecule has 0 aliphatic heterocycles. The lowest BCUT2D eigenvalue weighted by Crippen LogP contribution is -1.93. The summed E-state index contributed by atoms with van der Waals surface area (Å²) in [6, 6.07) is 28.3. The topological polar surface area (TPSA) is 43.4 Å². The second-order valence-electron chi connectivity index (χ2n) is 6.56. The minimum absolute atomic E-state index is 0.733. The summed E-state index contributed by atoms with van der Waals surface area (Å²) in [5.74, 6) is 1.49. The van der Waals surface area contributed by atoms with Crippen LogP contribution in [0.1, 0.15) is 0 Å². The fourth-order valence-corrected chi connectivity index (χ4v) is 3.20. The van der Waals surface area contributed by atoms with Gasteiger partial charge < -0.3 is 14.8 Å². The Morgan fingerprint density at radius 1 is 0.690 bits per heavy atom. The molecule has 0 spiro atoms. The fourth-order valence-electron chi connectivity index (χ4n) is 3.20. The lowest BCUT2D eigenvalue weighted by atomic mass is 10.0. The van der Waals surface area contributed by atoms with Gasteiger partial charge in [-0.1, -0.05) is 30.3 Å². The van der Waals surface area contributed by atoms with Crippen molar-refractivity contribution in [1.29, 1.82) is 0 Å². The van der Waals surface area contributed by atoms with E-state index >= 15 is 0 Å². The van der Waals surface area contributed by atoms with Gasteiger partial charge in [0.15, 0.2) is 0 Å². The summed E-state index contributed by atoms with van der Waals surface area (Å²) in [5.41, 5.74) is 6.12. The molecule has 1 aromatic heterocycles. The van der Waals surface area contributed by atoms with Crippen molar-refractivity contribution < 1.29 is 9.47 Å². The highest BCUT2D eigenvalue weighted by Gasteiger charge is 2.10. The zero-order chi connectivity index (χ0) is 20.1. The highest BCUT2D eigenvalue weighted by atomic mass is 16.5. The van der Waals surface area contributed by atoms with Gasteiger partial charge in [-0.2, -0.15) is 0 Å². The van der Waals surface area contributed by atoms with E-state index in [0.29, 0.717) is 0 Å². The van der Waals surface area contributed by atoms with E-state index in [1.54, 1.807) is 14.2 Å². The number of rotatable bonds is 6. The Labute approximate surface area is 170 Å². The Hall–Kier alpha value is -3.79. The van der Waals surface area contributed by atoms with Crippen LogP contribution in [0.4, 0.5) is 11.4 Å². The third-order valence-corrected chi connectivity index (χ3v) is 4.73. The van der Waals surface area contributed by atoms with Crippen LogP contribution in [0.2, 0.25) is 0 Å². The summed E-state index contributed by atoms with van der Waals surface area (Å²) < 4.78 is 10.8. The van der Waals surface area contributed by atoms with Crippen molar-refractivity contribution >= 4 is 11.4 Å². The van der Waals surface area contributed by atoms with Crippen molar-refractivity contribution in [2.75, 3.05) is 19.5 Å². The van der Waals surface area contributed by atoms with E-state index in [2.05, 4.69) is 40.6 Å². The molecule has 1 heterocycles. The standard InChI is InChI=1S/C25H22N2O2/c1-28-22-12-13-23(25(17-22)29-2)24-16-19(14-15-26-24)18-8-10-21(11-9-18)27-20-6-4-3-5-7-20/h3-17,27H,1-2H3. The molecule has 144 valence electrons. The number of anilines is 2. The molecular weight excluding hydrogens is 360 g/mol. The predicted molar refractivity (Wildman–Crippen MR) is 118 cm³/mol. The average molecular weight is 382 g/mol. The van der Waals surface area contributed by atoms with Crippen LogP contribution < -0.4 is 14.8 Å². The molecule has 29 heavy (non-hydrogen) atoms. The number of hydrogen-bond donors (Lipinski definition) is 1. The minimum Gasteiger partial charge on any atom is -0.497 e. The zero-order valence-corrected chi connectivity index (χ0v) is 16.4. The minimum atomic E-state index is 0.733. The highest BCUT2D eigenvalue weighted by molar-refractivity contribution is 5.75. The van der Waals surface area contributed by atoms with Crippen molar-refractivity contribution in [3.8, 4) is 33.9 Å². The third-order valence-electron chi connectivity index (χ3n) is 4.73. The van der Waals surface area contributed by atoms with Crippen molar-refractivity contribution in [3.05, 3.63) is 91.1 Å². The molecule has 0 aliphatic carbocycles. The van der Waals surface area contributed by atoms with Crippen molar-refractivity contribution in [2.45, 2.75) is 0 Å². The van der Waals surface area contributed by atoms with E-state index in [4.69, 9.17) is 9.47 Å². The summed E-state index contributed by atoms with van der Waals surface area (Å²) in [7, 11) is 3.30. The van der Waals surface area contributed by atoms with Crippen LogP contribution >= 0.6 is 0 Å². The maximum absolute atomic E-state index is 5.53. The smallest absolute Gasteiger partial charge is 0.131 e. The van der Waals surface area contributed by atoms with Crippen molar-refractivity contribution in [2.24, 2.45) is 0 Å². The van der Waals surface area contributed by atoms with Gasteiger partial charge >= 0.3 is 0 Å². The first kappa shape index (κ1) is 18.6. The molecule has 4 aromatic rings. The molecule has 0 saturated heterocycles. The Morgan fingerprint density at radius 2 is 1.45 bits per heavy atom. The predicted octanol–water partition coefficient (Wildman–Crippen LogP) is 6.18. The zero-order valence-electron chi connectivity index (χ0n) is 16.4. The van der Waals surface area contributed by atoms with Crippen LogP contribution in [-0.4, -0.2) is 19.2 Å². The Morgan fingerprint density at radius 3 is 2.17 bits per heavy atom. The second-order valence-corrected chi connectivity index (χ2v) is 6.56. The van der Waals surface area contributed by atoms with Crippen LogP contribution in [0.5, 0.6) is 11.5 Å². The molecule has 4 heteroatoms. The fraction of sp³-hybridized carbons (Fsp3) is 0.0800. The number of benzene rings is 3. The Balaban J connectivity index is 1.61. The molecule has 1 N–H and O–H groups in total. The van der Waals surface area contributed by atoms with Gasteiger partial charge in [0.25, 0.3) is 0 Å². The summed E-state index contributed by atoms with van der Waals surface area (Å²) in [6.45, 7) is 0. The van der Waals surface area contributed by atoms with Crippen molar-refractivity contribution in [1.82, 2.24) is 4.98 Å². The molecule has 0 bridgehead atoms. The highest BCUT2D eigenvalue weighted by Crippen LogP contribution is 2.34. The number of hydrogen-bond acceptors (Lipinski definition) is 4. The monoisotopic (exact) mass is 382 g/mol. The van der Waals surface area contributed by atoms with Gasteiger partial charge in [-0.25, -0.2) is 0 Å². The number of para-hydroxylation sites is 1. The maximum atomic E-state index is 5.53. The van der Waals surface area contributed by atoms with Crippen molar-refractivity contribution in [3.63, 3.8) is 0 Å². The third kappa shape index (κ3) is 4.22. The first-order valence-corrected chi connectivity index (χ1v) is 9.38. The SMILES string of the molecule is COc1ccc(-c2cc(-c3ccc(Nc4ccccc4)cc3)ccn2)c(OC)c1. The summed E-state index contributed by atoms with van der Waals surface area (Å²) in [4.78, 5) is 4.54. The van der Waals surface area contributed by atoms with Gasteiger partial charge in [-0.3, -0.25) is 4.98 Å². The summed E-state index contributed by atoms with van der Waals surface area (Å²) in [6.07, 6.45) is 1.82. The normalized spacial score (nSPS) is 10.4. The van der Waals surface area contributed by atoms with Crippen LogP contribution in [0.15, 0.2) is 91.1 Å². The molecular formula is C25H22N2O2. The molecule has 4 nitrogen and oxygen atoms in total. The molecule has 3 aromatic carbocycles. The van der Waals surface area contributed by atoms with Crippen LogP contribution in [0.3, 0.4) is 0 Å². The molecule has 0 aliphatic rings. The first-order valence-electron chi connectivity index (χ1n) is 9.38. The number of nitrogens with one attached hydrogen (secondary N) is 1. The molecule has 0 saturated carbocycles. The van der Waals surface area contributed by atoms with Crippen LogP contribution in [-0.2, 0) is 0 Å². The van der Waals surface area contributed by atoms with Gasteiger partial charge in [0.2, 0.25) is 0 Å². The Bertz CT molecular complexity index is 1090. The molecule has 0 atom stereocenters.